The van der Waals surface area contributed by atoms with Crippen molar-refractivity contribution in [3.8, 4) is 28.9 Å². The largest absolute Gasteiger partial charge is 0.468 e. The highest BCUT2D eigenvalue weighted by Gasteiger charge is 2.31. The van der Waals surface area contributed by atoms with E-state index >= 15 is 0 Å². The van der Waals surface area contributed by atoms with E-state index in [1.54, 1.807) is 35.8 Å². The van der Waals surface area contributed by atoms with Crippen molar-refractivity contribution in [2.75, 3.05) is 23.8 Å². The van der Waals surface area contributed by atoms with E-state index in [0.717, 1.165) is 23.4 Å². The van der Waals surface area contributed by atoms with Gasteiger partial charge in [0.25, 0.3) is 0 Å². The van der Waals surface area contributed by atoms with Crippen LogP contribution in [0.15, 0.2) is 73.2 Å². The molecule has 4 heterocycles. The molecule has 14 heteroatoms. The minimum Gasteiger partial charge on any atom is -0.468 e. The van der Waals surface area contributed by atoms with E-state index in [1.165, 1.54) is 18.5 Å². The van der Waals surface area contributed by atoms with Gasteiger partial charge in [0.15, 0.2) is 5.65 Å². The van der Waals surface area contributed by atoms with Crippen molar-refractivity contribution in [1.29, 1.82) is 0 Å². The highest BCUT2D eigenvalue weighted by atomic mass is 19.4. The fraction of sp³-hybridized carbons (Fsp3) is 0.179. The highest BCUT2D eigenvalue weighted by molar-refractivity contribution is 6.00. The van der Waals surface area contributed by atoms with E-state index in [9.17, 15) is 18.0 Å². The summed E-state index contributed by atoms with van der Waals surface area (Å²) in [7, 11) is 0. The molecule has 0 atom stereocenters. The van der Waals surface area contributed by atoms with E-state index < -0.39 is 17.8 Å². The van der Waals surface area contributed by atoms with Crippen molar-refractivity contribution in [2.24, 2.45) is 0 Å². The Morgan fingerprint density at radius 1 is 0.976 bits per heavy atom. The second-order valence-electron chi connectivity index (χ2n) is 9.35. The number of rotatable bonds is 7. The Balaban J connectivity index is 1.08. The Bertz CT molecular complexity index is 1740. The van der Waals surface area contributed by atoms with Crippen LogP contribution in [0.25, 0.3) is 16.9 Å². The Hall–Kier alpha value is -5.24. The standard InChI is InChI=1S/C28H22F3N7O4/c1-16-2-5-18(28(29,30)31)10-22(16)36-26(39)35-19-11-33-27(34-12-19)42-20-6-3-17(4-7-20)23-13-32-24-8-9-25(37-38(23)24)41-21-14-40-15-21/h2-13,21H,14-15H2,1H3,(H2,35,36,39). The number of hydrogen-bond acceptors (Lipinski definition) is 8. The van der Waals surface area contributed by atoms with Crippen molar-refractivity contribution in [3.63, 3.8) is 0 Å². The lowest BCUT2D eigenvalue weighted by molar-refractivity contribution is -0.137. The number of carbonyl (C=O) groups excluding carboxylic acids is 1. The number of urea groups is 1. The topological polar surface area (TPSA) is 125 Å². The van der Waals surface area contributed by atoms with Gasteiger partial charge in [-0.05, 0) is 55.0 Å². The molecule has 3 aromatic heterocycles. The van der Waals surface area contributed by atoms with Gasteiger partial charge in [-0.1, -0.05) is 6.07 Å². The number of ether oxygens (including phenoxy) is 3. The number of benzene rings is 2. The second kappa shape index (κ2) is 11.0. The van der Waals surface area contributed by atoms with Crippen molar-refractivity contribution >= 4 is 23.1 Å². The molecule has 42 heavy (non-hydrogen) atoms. The predicted molar refractivity (Wildman–Crippen MR) is 145 cm³/mol. The SMILES string of the molecule is Cc1ccc(C(F)(F)F)cc1NC(=O)Nc1cnc(Oc2ccc(-c3cnc4ccc(OC5COC5)nn34)cc2)nc1. The number of amides is 2. The Kier molecular flexibility index (Phi) is 7.04. The molecule has 214 valence electrons. The van der Waals surface area contributed by atoms with Crippen LogP contribution in [0.1, 0.15) is 11.1 Å². The van der Waals surface area contributed by atoms with Crippen LogP contribution in [-0.4, -0.2) is 49.9 Å². The van der Waals surface area contributed by atoms with Crippen molar-refractivity contribution in [2.45, 2.75) is 19.2 Å². The number of fused-ring (bicyclic) bond motifs is 1. The molecule has 1 aliphatic rings. The average Bonchev–Trinajstić information content (AvgIpc) is 3.36. The maximum atomic E-state index is 13.0. The lowest BCUT2D eigenvalue weighted by atomic mass is 10.1. The molecule has 1 fully saturated rings. The second-order valence-corrected chi connectivity index (χ2v) is 9.35. The third-order valence-corrected chi connectivity index (χ3v) is 6.29. The number of nitrogens with one attached hydrogen (secondary N) is 2. The molecule has 0 bridgehead atoms. The molecule has 1 saturated heterocycles. The molecule has 0 spiro atoms. The summed E-state index contributed by atoms with van der Waals surface area (Å²) in [6.45, 7) is 2.67. The number of hydrogen-bond donors (Lipinski definition) is 2. The Morgan fingerprint density at radius 3 is 2.43 bits per heavy atom. The lowest BCUT2D eigenvalue weighted by Gasteiger charge is -2.25. The van der Waals surface area contributed by atoms with Crippen LogP contribution in [0.2, 0.25) is 0 Å². The normalized spacial score (nSPS) is 13.4. The minimum atomic E-state index is -4.53. The Morgan fingerprint density at radius 2 is 1.74 bits per heavy atom. The first kappa shape index (κ1) is 27.0. The van der Waals surface area contributed by atoms with E-state index in [0.29, 0.717) is 36.1 Å². The summed E-state index contributed by atoms with van der Waals surface area (Å²) in [5, 5.41) is 9.43. The molecule has 0 aliphatic carbocycles. The fourth-order valence-electron chi connectivity index (χ4n) is 4.02. The zero-order valence-electron chi connectivity index (χ0n) is 21.9. The number of nitrogens with zero attached hydrogens (tertiary/aromatic N) is 5. The fourth-order valence-corrected chi connectivity index (χ4v) is 4.02. The molecule has 2 N–H and O–H groups in total. The molecule has 11 nitrogen and oxygen atoms in total. The maximum Gasteiger partial charge on any atom is 0.416 e. The van der Waals surface area contributed by atoms with Gasteiger partial charge in [-0.2, -0.15) is 13.2 Å². The molecule has 2 aromatic carbocycles. The first-order chi connectivity index (χ1) is 20.2. The van der Waals surface area contributed by atoms with Gasteiger partial charge in [-0.3, -0.25) is 0 Å². The summed E-state index contributed by atoms with van der Waals surface area (Å²) in [4.78, 5) is 24.9. The van der Waals surface area contributed by atoms with Gasteiger partial charge < -0.3 is 24.8 Å². The first-order valence-corrected chi connectivity index (χ1v) is 12.7. The number of carbonyl (C=O) groups is 1. The molecule has 0 saturated carbocycles. The van der Waals surface area contributed by atoms with Gasteiger partial charge >= 0.3 is 18.2 Å². The summed E-state index contributed by atoms with van der Waals surface area (Å²) >= 11 is 0. The third kappa shape index (κ3) is 5.93. The number of anilines is 2. The van der Waals surface area contributed by atoms with Gasteiger partial charge in [0, 0.05) is 17.3 Å². The number of alkyl halides is 3. The number of aromatic nitrogens is 5. The maximum absolute atomic E-state index is 13.0. The predicted octanol–water partition coefficient (Wildman–Crippen LogP) is 5.73. The van der Waals surface area contributed by atoms with Crippen LogP contribution in [0.3, 0.4) is 0 Å². The molecule has 6 rings (SSSR count). The van der Waals surface area contributed by atoms with Crippen molar-refractivity contribution in [3.05, 3.63) is 84.3 Å². The van der Waals surface area contributed by atoms with E-state index in [1.807, 2.05) is 18.2 Å². The molecule has 5 aromatic rings. The zero-order valence-corrected chi connectivity index (χ0v) is 21.9. The molecule has 0 unspecified atom stereocenters. The quantitative estimate of drug-likeness (QED) is 0.251. The lowest BCUT2D eigenvalue weighted by Crippen LogP contribution is -2.38. The molecule has 1 aliphatic heterocycles. The van der Waals surface area contributed by atoms with Gasteiger partial charge in [0.2, 0.25) is 5.88 Å². The first-order valence-electron chi connectivity index (χ1n) is 12.7. The molecular formula is C28H22F3N7O4. The van der Waals surface area contributed by atoms with Crippen LogP contribution < -0.4 is 20.1 Å². The van der Waals surface area contributed by atoms with Crippen molar-refractivity contribution < 1.29 is 32.2 Å². The average molecular weight is 578 g/mol. The van der Waals surface area contributed by atoms with Gasteiger partial charge in [0.1, 0.15) is 11.9 Å². The minimum absolute atomic E-state index is 0.00342. The van der Waals surface area contributed by atoms with Crippen molar-refractivity contribution in [1.82, 2.24) is 24.6 Å². The van der Waals surface area contributed by atoms with E-state index in [2.05, 4.69) is 30.7 Å². The van der Waals surface area contributed by atoms with E-state index in [-0.39, 0.29) is 23.5 Å². The van der Waals surface area contributed by atoms with Gasteiger partial charge in [0.05, 0.1) is 48.7 Å². The summed E-state index contributed by atoms with van der Waals surface area (Å²) in [6, 6.07) is 13.1. The van der Waals surface area contributed by atoms with Crippen LogP contribution in [0.5, 0.6) is 17.6 Å². The van der Waals surface area contributed by atoms with Gasteiger partial charge in [-0.15, -0.1) is 5.10 Å². The van der Waals surface area contributed by atoms with Gasteiger partial charge in [-0.25, -0.2) is 24.3 Å². The monoisotopic (exact) mass is 577 g/mol. The molecular weight excluding hydrogens is 555 g/mol. The third-order valence-electron chi connectivity index (χ3n) is 6.29. The van der Waals surface area contributed by atoms with Crippen LogP contribution in [0, 0.1) is 6.92 Å². The summed E-state index contributed by atoms with van der Waals surface area (Å²) < 4.78 is 57.4. The zero-order chi connectivity index (χ0) is 29.3. The summed E-state index contributed by atoms with van der Waals surface area (Å²) in [5.74, 6) is 0.946. The summed E-state index contributed by atoms with van der Waals surface area (Å²) in [5.41, 5.74) is 2.13. The summed E-state index contributed by atoms with van der Waals surface area (Å²) in [6.07, 6.45) is -0.186. The number of halogens is 3. The Labute approximate surface area is 236 Å². The van der Waals surface area contributed by atoms with Crippen LogP contribution in [0.4, 0.5) is 29.3 Å². The molecule has 2 amide bonds. The van der Waals surface area contributed by atoms with Crippen LogP contribution in [-0.2, 0) is 10.9 Å². The molecule has 0 radical (unpaired) electrons. The highest BCUT2D eigenvalue weighted by Crippen LogP contribution is 2.32. The van der Waals surface area contributed by atoms with Crippen LogP contribution >= 0.6 is 0 Å². The number of imidazole rings is 1. The smallest absolute Gasteiger partial charge is 0.416 e. The van der Waals surface area contributed by atoms with E-state index in [4.69, 9.17) is 14.2 Å². The number of aryl methyl sites for hydroxylation is 1.